The molecule has 0 aliphatic heterocycles. The van der Waals surface area contributed by atoms with Crippen molar-refractivity contribution in [2.75, 3.05) is 14.2 Å². The highest BCUT2D eigenvalue weighted by atomic mass is 32.2. The van der Waals surface area contributed by atoms with Crippen LogP contribution in [-0.4, -0.2) is 37.6 Å². The number of hydrogen-bond acceptors (Lipinski definition) is 6. The first-order valence-corrected chi connectivity index (χ1v) is 11.0. The summed E-state index contributed by atoms with van der Waals surface area (Å²) in [4.78, 5) is 0.391. The van der Waals surface area contributed by atoms with E-state index in [0.717, 1.165) is 5.56 Å². The maximum atomic E-state index is 13.3. The molecule has 0 spiro atoms. The molecule has 0 fully saturated rings. The SMILES string of the molecule is COc1cccc(OC)c1-n1cc(-c2ccccc2S(=O)(=O)c2ccc(C)cc2)nn1. The van der Waals surface area contributed by atoms with Crippen molar-refractivity contribution in [2.24, 2.45) is 0 Å². The van der Waals surface area contributed by atoms with Gasteiger partial charge < -0.3 is 9.47 Å². The Labute approximate surface area is 180 Å². The number of para-hydroxylation sites is 1. The fraction of sp³-hybridized carbons (Fsp3) is 0.130. The topological polar surface area (TPSA) is 83.3 Å². The van der Waals surface area contributed by atoms with Crippen molar-refractivity contribution in [2.45, 2.75) is 16.7 Å². The van der Waals surface area contributed by atoms with Crippen LogP contribution in [0.15, 0.2) is 82.7 Å². The summed E-state index contributed by atoms with van der Waals surface area (Å²) in [5.74, 6) is 1.10. The number of methoxy groups -OCH3 is 2. The van der Waals surface area contributed by atoms with Gasteiger partial charge in [-0.05, 0) is 37.3 Å². The van der Waals surface area contributed by atoms with Crippen molar-refractivity contribution in [1.29, 1.82) is 0 Å². The minimum absolute atomic E-state index is 0.165. The van der Waals surface area contributed by atoms with E-state index in [1.165, 1.54) is 4.68 Å². The van der Waals surface area contributed by atoms with Crippen LogP contribution in [0.5, 0.6) is 11.5 Å². The third kappa shape index (κ3) is 3.77. The van der Waals surface area contributed by atoms with Gasteiger partial charge >= 0.3 is 0 Å². The standard InChI is InChI=1S/C23H21N3O4S/c1-16-11-13-17(14-12-16)31(27,28)22-10-5-4-7-18(22)19-15-26(25-24-19)23-20(29-2)8-6-9-21(23)30-3/h4-15H,1-3H3. The van der Waals surface area contributed by atoms with Crippen molar-refractivity contribution >= 4 is 9.84 Å². The second kappa shape index (κ2) is 8.23. The Morgan fingerprint density at radius 3 is 2.13 bits per heavy atom. The van der Waals surface area contributed by atoms with E-state index in [9.17, 15) is 8.42 Å². The molecule has 8 heteroatoms. The molecule has 158 valence electrons. The molecule has 0 radical (unpaired) electrons. The van der Waals surface area contributed by atoms with E-state index in [-0.39, 0.29) is 9.79 Å². The first-order chi connectivity index (χ1) is 15.0. The van der Waals surface area contributed by atoms with Crippen LogP contribution in [-0.2, 0) is 9.84 Å². The smallest absolute Gasteiger partial charge is 0.207 e. The lowest BCUT2D eigenvalue weighted by Gasteiger charge is -2.12. The number of aromatic nitrogens is 3. The summed E-state index contributed by atoms with van der Waals surface area (Å²) in [7, 11) is -0.632. The maximum Gasteiger partial charge on any atom is 0.207 e. The van der Waals surface area contributed by atoms with Gasteiger partial charge in [-0.1, -0.05) is 47.2 Å². The van der Waals surface area contributed by atoms with Gasteiger partial charge in [-0.25, -0.2) is 13.1 Å². The van der Waals surface area contributed by atoms with Crippen LogP contribution < -0.4 is 9.47 Å². The van der Waals surface area contributed by atoms with E-state index in [1.54, 1.807) is 81.1 Å². The molecule has 4 aromatic rings. The van der Waals surface area contributed by atoms with Gasteiger partial charge in [-0.2, -0.15) is 0 Å². The molecule has 31 heavy (non-hydrogen) atoms. The highest BCUT2D eigenvalue weighted by Gasteiger charge is 2.23. The predicted octanol–water partition coefficient (Wildman–Crippen LogP) is 4.09. The Hall–Kier alpha value is -3.65. The molecule has 0 amide bonds. The number of nitrogens with zero attached hydrogens (tertiary/aromatic N) is 3. The monoisotopic (exact) mass is 435 g/mol. The summed E-state index contributed by atoms with van der Waals surface area (Å²) in [6, 6.07) is 18.9. The fourth-order valence-electron chi connectivity index (χ4n) is 3.31. The van der Waals surface area contributed by atoms with E-state index in [0.29, 0.717) is 28.4 Å². The normalized spacial score (nSPS) is 11.3. The molecule has 0 bridgehead atoms. The zero-order valence-electron chi connectivity index (χ0n) is 17.3. The molecule has 4 rings (SSSR count). The lowest BCUT2D eigenvalue weighted by atomic mass is 10.2. The molecule has 0 saturated carbocycles. The van der Waals surface area contributed by atoms with E-state index < -0.39 is 9.84 Å². The summed E-state index contributed by atoms with van der Waals surface area (Å²) >= 11 is 0. The molecular formula is C23H21N3O4S. The molecule has 0 unspecified atom stereocenters. The number of hydrogen-bond donors (Lipinski definition) is 0. The average Bonchev–Trinajstić information content (AvgIpc) is 3.28. The second-order valence-corrected chi connectivity index (χ2v) is 8.79. The number of aryl methyl sites for hydroxylation is 1. The summed E-state index contributed by atoms with van der Waals surface area (Å²) in [5, 5.41) is 8.43. The first-order valence-electron chi connectivity index (χ1n) is 9.50. The summed E-state index contributed by atoms with van der Waals surface area (Å²) in [6.07, 6.45) is 1.66. The van der Waals surface area contributed by atoms with Crippen molar-refractivity contribution in [1.82, 2.24) is 15.0 Å². The van der Waals surface area contributed by atoms with E-state index in [1.807, 2.05) is 13.0 Å². The van der Waals surface area contributed by atoms with Crippen LogP contribution in [0.25, 0.3) is 16.9 Å². The molecule has 0 atom stereocenters. The minimum atomic E-state index is -3.74. The quantitative estimate of drug-likeness (QED) is 0.454. The average molecular weight is 436 g/mol. The summed E-state index contributed by atoms with van der Waals surface area (Å²) < 4.78 is 39.0. The van der Waals surface area contributed by atoms with Crippen molar-refractivity contribution < 1.29 is 17.9 Å². The van der Waals surface area contributed by atoms with Gasteiger partial charge in [-0.3, -0.25) is 0 Å². The van der Waals surface area contributed by atoms with Gasteiger partial charge in [0, 0.05) is 5.56 Å². The van der Waals surface area contributed by atoms with Gasteiger partial charge in [-0.15, -0.1) is 5.10 Å². The highest BCUT2D eigenvalue weighted by Crippen LogP contribution is 2.34. The third-order valence-electron chi connectivity index (χ3n) is 4.91. The second-order valence-electron chi connectivity index (χ2n) is 6.87. The van der Waals surface area contributed by atoms with Gasteiger partial charge in [0.15, 0.2) is 5.69 Å². The number of rotatable bonds is 6. The summed E-state index contributed by atoms with van der Waals surface area (Å²) in [6.45, 7) is 1.91. The van der Waals surface area contributed by atoms with Crippen LogP contribution in [0.2, 0.25) is 0 Å². The predicted molar refractivity (Wildman–Crippen MR) is 117 cm³/mol. The van der Waals surface area contributed by atoms with Crippen molar-refractivity contribution in [3.8, 4) is 28.4 Å². The van der Waals surface area contributed by atoms with Crippen molar-refractivity contribution in [3.05, 3.63) is 78.5 Å². The minimum Gasteiger partial charge on any atom is -0.494 e. The maximum absolute atomic E-state index is 13.3. The van der Waals surface area contributed by atoms with Crippen molar-refractivity contribution in [3.63, 3.8) is 0 Å². The lowest BCUT2D eigenvalue weighted by Crippen LogP contribution is -2.04. The Kier molecular flexibility index (Phi) is 5.48. The van der Waals surface area contributed by atoms with Gasteiger partial charge in [0.05, 0.1) is 30.2 Å². The van der Waals surface area contributed by atoms with Crippen LogP contribution in [0, 0.1) is 6.92 Å². The zero-order chi connectivity index (χ0) is 22.0. The largest absolute Gasteiger partial charge is 0.494 e. The Balaban J connectivity index is 1.83. The molecule has 0 aliphatic rings. The van der Waals surface area contributed by atoms with E-state index in [2.05, 4.69) is 10.3 Å². The van der Waals surface area contributed by atoms with Crippen LogP contribution in [0.1, 0.15) is 5.56 Å². The first kappa shape index (κ1) is 20.6. The van der Waals surface area contributed by atoms with Gasteiger partial charge in [0.1, 0.15) is 17.2 Å². The Morgan fingerprint density at radius 1 is 0.839 bits per heavy atom. The third-order valence-corrected chi connectivity index (χ3v) is 6.74. The molecule has 0 aliphatic carbocycles. The molecular weight excluding hydrogens is 414 g/mol. The molecule has 1 heterocycles. The number of ether oxygens (including phenoxy) is 2. The molecule has 7 nitrogen and oxygen atoms in total. The Bertz CT molecular complexity index is 1310. The number of benzene rings is 3. The van der Waals surface area contributed by atoms with Gasteiger partial charge in [0.2, 0.25) is 9.84 Å². The zero-order valence-corrected chi connectivity index (χ0v) is 18.1. The van der Waals surface area contributed by atoms with Crippen LogP contribution in [0.4, 0.5) is 0 Å². The molecule has 0 N–H and O–H groups in total. The summed E-state index contributed by atoms with van der Waals surface area (Å²) in [5.41, 5.74) is 2.44. The van der Waals surface area contributed by atoms with Gasteiger partial charge in [0.25, 0.3) is 0 Å². The Morgan fingerprint density at radius 2 is 1.48 bits per heavy atom. The fourth-order valence-corrected chi connectivity index (χ4v) is 4.78. The number of sulfone groups is 1. The highest BCUT2D eigenvalue weighted by molar-refractivity contribution is 7.91. The lowest BCUT2D eigenvalue weighted by molar-refractivity contribution is 0.388. The molecule has 0 saturated heterocycles. The van der Waals surface area contributed by atoms with Crippen LogP contribution in [0.3, 0.4) is 0 Å². The van der Waals surface area contributed by atoms with E-state index >= 15 is 0 Å². The molecule has 3 aromatic carbocycles. The molecule has 1 aromatic heterocycles. The van der Waals surface area contributed by atoms with Crippen LogP contribution >= 0.6 is 0 Å². The van der Waals surface area contributed by atoms with E-state index in [4.69, 9.17) is 9.47 Å².